The minimum atomic E-state index is -3.72. The molecule has 0 aliphatic carbocycles. The number of amides is 1. The molecule has 1 saturated heterocycles. The molecule has 1 fully saturated rings. The van der Waals surface area contributed by atoms with Crippen molar-refractivity contribution in [2.75, 3.05) is 25.0 Å². The van der Waals surface area contributed by atoms with Crippen molar-refractivity contribution < 1.29 is 17.6 Å². The number of rotatable bonds is 8. The largest absolute Gasteiger partial charge is 0.369 e. The van der Waals surface area contributed by atoms with Gasteiger partial charge in [-0.1, -0.05) is 18.2 Å². The molecule has 0 radical (unpaired) electrons. The van der Waals surface area contributed by atoms with E-state index in [2.05, 4.69) is 20.1 Å². The van der Waals surface area contributed by atoms with Crippen LogP contribution in [-0.4, -0.2) is 59.0 Å². The van der Waals surface area contributed by atoms with Crippen LogP contribution in [0.15, 0.2) is 65.7 Å². The van der Waals surface area contributed by atoms with E-state index in [0.717, 1.165) is 18.4 Å². The molecule has 41 heavy (non-hydrogen) atoms. The molecule has 0 unspecified atom stereocenters. The molecule has 2 aromatic heterocycles. The van der Waals surface area contributed by atoms with Crippen molar-refractivity contribution >= 4 is 33.1 Å². The standard InChI is InChI=1S/C29H34FN7O3S/c1-29(2,3)35-41(39,40)23-6-4-5-20(15-23)26-10-8-22-17-32-28(34-37(22)26)33-21-7-9-24(25(30)16-21)19-11-13-36(14-12-19)18-27(31)38/h4-10,15-17,19,35H,11-14,18H2,1-3H3,(H2,31,38)(H,33,34). The summed E-state index contributed by atoms with van der Waals surface area (Å²) in [5, 5.41) is 7.67. The van der Waals surface area contributed by atoms with Gasteiger partial charge in [0.2, 0.25) is 21.9 Å². The van der Waals surface area contributed by atoms with E-state index in [4.69, 9.17) is 5.73 Å². The van der Waals surface area contributed by atoms with Crippen LogP contribution in [0.1, 0.15) is 45.1 Å². The lowest BCUT2D eigenvalue weighted by Crippen LogP contribution is -2.40. The molecular weight excluding hydrogens is 545 g/mol. The molecule has 4 N–H and O–H groups in total. The first-order valence-corrected chi connectivity index (χ1v) is 14.9. The smallest absolute Gasteiger partial charge is 0.245 e. The highest BCUT2D eigenvalue weighted by atomic mass is 32.2. The van der Waals surface area contributed by atoms with Gasteiger partial charge in [-0.15, -0.1) is 5.10 Å². The topological polar surface area (TPSA) is 135 Å². The number of carbonyl (C=O) groups excluding carboxylic acids is 1. The molecule has 1 aliphatic heterocycles. The second kappa shape index (κ2) is 11.2. The average molecular weight is 580 g/mol. The Hall–Kier alpha value is -3.87. The fourth-order valence-electron chi connectivity index (χ4n) is 5.15. The number of hydrogen-bond donors (Lipinski definition) is 3. The van der Waals surface area contributed by atoms with Gasteiger partial charge >= 0.3 is 0 Å². The highest BCUT2D eigenvalue weighted by Gasteiger charge is 2.24. The number of primary amides is 1. The SMILES string of the molecule is CC(C)(C)NS(=O)(=O)c1cccc(-c2ccc3cnc(Nc4ccc(C5CCN(CC(N)=O)CC5)c(F)c4)nn23)c1. The molecule has 0 atom stereocenters. The number of aromatic nitrogens is 3. The van der Waals surface area contributed by atoms with E-state index in [1.807, 2.05) is 23.1 Å². The van der Waals surface area contributed by atoms with Crippen LogP contribution in [-0.2, 0) is 14.8 Å². The van der Waals surface area contributed by atoms with E-state index in [-0.39, 0.29) is 35.0 Å². The van der Waals surface area contributed by atoms with Crippen molar-refractivity contribution in [3.8, 4) is 11.3 Å². The Morgan fingerprint density at radius 3 is 2.54 bits per heavy atom. The lowest BCUT2D eigenvalue weighted by molar-refractivity contribution is -0.119. The van der Waals surface area contributed by atoms with Crippen LogP contribution in [0.4, 0.5) is 16.0 Å². The van der Waals surface area contributed by atoms with Crippen LogP contribution in [0, 0.1) is 5.82 Å². The Bertz CT molecular complexity index is 1690. The number of anilines is 2. The highest BCUT2D eigenvalue weighted by molar-refractivity contribution is 7.89. The Labute approximate surface area is 238 Å². The van der Waals surface area contributed by atoms with E-state index in [0.29, 0.717) is 35.6 Å². The van der Waals surface area contributed by atoms with E-state index in [9.17, 15) is 13.2 Å². The Morgan fingerprint density at radius 2 is 1.85 bits per heavy atom. The lowest BCUT2D eigenvalue weighted by Gasteiger charge is -2.31. The average Bonchev–Trinajstić information content (AvgIpc) is 3.31. The first-order chi connectivity index (χ1) is 19.4. The lowest BCUT2D eigenvalue weighted by atomic mass is 9.89. The Balaban J connectivity index is 1.35. The van der Waals surface area contributed by atoms with E-state index in [1.54, 1.807) is 61.8 Å². The summed E-state index contributed by atoms with van der Waals surface area (Å²) in [4.78, 5) is 17.7. The number of carbonyl (C=O) groups is 1. The Kier molecular flexibility index (Phi) is 7.82. The second-order valence-corrected chi connectivity index (χ2v) is 13.1. The predicted octanol–water partition coefficient (Wildman–Crippen LogP) is 4.02. The van der Waals surface area contributed by atoms with Crippen LogP contribution in [0.5, 0.6) is 0 Å². The van der Waals surface area contributed by atoms with Crippen molar-refractivity contribution in [2.45, 2.75) is 50.0 Å². The van der Waals surface area contributed by atoms with Crippen LogP contribution in [0.25, 0.3) is 16.8 Å². The zero-order valence-corrected chi connectivity index (χ0v) is 24.1. The fourth-order valence-corrected chi connectivity index (χ4v) is 6.61. The first-order valence-electron chi connectivity index (χ1n) is 13.4. The summed E-state index contributed by atoms with van der Waals surface area (Å²) in [7, 11) is -3.72. The van der Waals surface area contributed by atoms with E-state index in [1.165, 1.54) is 6.07 Å². The summed E-state index contributed by atoms with van der Waals surface area (Å²) in [5.41, 5.74) is 7.90. The molecule has 5 rings (SSSR count). The van der Waals surface area contributed by atoms with E-state index < -0.39 is 15.6 Å². The summed E-state index contributed by atoms with van der Waals surface area (Å²) in [6.07, 6.45) is 3.15. The molecule has 1 aliphatic rings. The summed E-state index contributed by atoms with van der Waals surface area (Å²) < 4.78 is 45.3. The number of nitrogens with zero attached hydrogens (tertiary/aromatic N) is 4. The van der Waals surface area contributed by atoms with Crippen molar-refractivity contribution in [3.63, 3.8) is 0 Å². The number of hydrogen-bond acceptors (Lipinski definition) is 7. The molecule has 1 amide bonds. The molecular formula is C29H34FN7O3S. The minimum absolute atomic E-state index is 0.0707. The molecule has 2 aromatic carbocycles. The molecule has 216 valence electrons. The van der Waals surface area contributed by atoms with Gasteiger partial charge in [-0.25, -0.2) is 27.0 Å². The maximum Gasteiger partial charge on any atom is 0.245 e. The van der Waals surface area contributed by atoms with Crippen molar-refractivity contribution in [3.05, 3.63) is 72.2 Å². The summed E-state index contributed by atoms with van der Waals surface area (Å²) >= 11 is 0. The number of sulfonamides is 1. The zero-order chi connectivity index (χ0) is 29.4. The Morgan fingerprint density at radius 1 is 1.10 bits per heavy atom. The number of nitrogens with two attached hydrogens (primary N) is 1. The fraction of sp³-hybridized carbons (Fsp3) is 0.345. The third-order valence-electron chi connectivity index (χ3n) is 6.94. The molecule has 0 bridgehead atoms. The molecule has 4 aromatic rings. The van der Waals surface area contributed by atoms with Gasteiger partial charge in [-0.2, -0.15) is 0 Å². The number of likely N-dealkylation sites (tertiary alicyclic amines) is 1. The summed E-state index contributed by atoms with van der Waals surface area (Å²) in [5.74, 6) is -0.332. The van der Waals surface area contributed by atoms with Gasteiger partial charge in [0.15, 0.2) is 0 Å². The summed E-state index contributed by atoms with van der Waals surface area (Å²) in [6.45, 7) is 6.99. The maximum absolute atomic E-state index is 15.1. The van der Waals surface area contributed by atoms with Crippen molar-refractivity contribution in [2.24, 2.45) is 5.73 Å². The number of nitrogens with one attached hydrogen (secondary N) is 2. The molecule has 0 saturated carbocycles. The van der Waals surface area contributed by atoms with Crippen molar-refractivity contribution in [1.29, 1.82) is 0 Å². The predicted molar refractivity (Wildman–Crippen MR) is 156 cm³/mol. The van der Waals surface area contributed by atoms with Gasteiger partial charge in [0.05, 0.1) is 28.8 Å². The maximum atomic E-state index is 15.1. The van der Waals surface area contributed by atoms with Gasteiger partial charge in [0.1, 0.15) is 5.82 Å². The van der Waals surface area contributed by atoms with Crippen LogP contribution in [0.2, 0.25) is 0 Å². The third-order valence-corrected chi connectivity index (χ3v) is 8.70. The zero-order valence-electron chi connectivity index (χ0n) is 23.3. The van der Waals surface area contributed by atoms with Crippen LogP contribution < -0.4 is 15.8 Å². The number of piperidine rings is 1. The van der Waals surface area contributed by atoms with E-state index >= 15 is 4.39 Å². The van der Waals surface area contributed by atoms with Crippen LogP contribution >= 0.6 is 0 Å². The van der Waals surface area contributed by atoms with Gasteiger partial charge in [-0.05, 0) is 94.6 Å². The summed E-state index contributed by atoms with van der Waals surface area (Å²) in [6, 6.07) is 15.4. The minimum Gasteiger partial charge on any atom is -0.369 e. The normalized spacial score (nSPS) is 15.3. The van der Waals surface area contributed by atoms with Gasteiger partial charge in [0, 0.05) is 16.8 Å². The second-order valence-electron chi connectivity index (χ2n) is 11.4. The van der Waals surface area contributed by atoms with Crippen LogP contribution in [0.3, 0.4) is 0 Å². The number of fused-ring (bicyclic) bond motifs is 1. The first kappa shape index (κ1) is 28.7. The van der Waals surface area contributed by atoms with Crippen molar-refractivity contribution in [1.82, 2.24) is 24.2 Å². The number of benzene rings is 2. The molecule has 3 heterocycles. The number of halogens is 1. The molecule has 10 nitrogen and oxygen atoms in total. The monoisotopic (exact) mass is 579 g/mol. The highest BCUT2D eigenvalue weighted by Crippen LogP contribution is 2.32. The van der Waals surface area contributed by atoms with Gasteiger partial charge in [0.25, 0.3) is 0 Å². The molecule has 12 heteroatoms. The third kappa shape index (κ3) is 6.72. The van der Waals surface area contributed by atoms with Gasteiger partial charge < -0.3 is 11.1 Å². The van der Waals surface area contributed by atoms with Gasteiger partial charge in [-0.3, -0.25) is 9.69 Å². The molecule has 0 spiro atoms. The quantitative estimate of drug-likeness (QED) is 0.287.